The van der Waals surface area contributed by atoms with Crippen molar-refractivity contribution in [2.45, 2.75) is 13.0 Å². The molecule has 2 aromatic rings. The largest absolute Gasteiger partial charge is 0.497 e. The second-order valence-corrected chi connectivity index (χ2v) is 4.78. The number of pyridine rings is 1. The first kappa shape index (κ1) is 15.8. The minimum absolute atomic E-state index is 0.143. The summed E-state index contributed by atoms with van der Waals surface area (Å²) in [4.78, 5) is 12.4. The molecule has 5 heteroatoms. The van der Waals surface area contributed by atoms with Gasteiger partial charge in [-0.15, -0.1) is 0 Å². The van der Waals surface area contributed by atoms with Crippen molar-refractivity contribution in [1.29, 1.82) is 5.26 Å². The fraction of sp³-hybridized carbons (Fsp3) is 0.294. The molecule has 0 saturated carbocycles. The molecule has 1 aromatic carbocycles. The monoisotopic (exact) mass is 298 g/mol. The molecule has 0 aliphatic carbocycles. The van der Waals surface area contributed by atoms with Crippen molar-refractivity contribution in [3.05, 3.63) is 52.3 Å². The zero-order valence-corrected chi connectivity index (χ0v) is 12.7. The highest BCUT2D eigenvalue weighted by Gasteiger charge is 2.11. The van der Waals surface area contributed by atoms with Crippen LogP contribution in [-0.4, -0.2) is 25.4 Å². The summed E-state index contributed by atoms with van der Waals surface area (Å²) in [5.41, 5.74) is 1.50. The van der Waals surface area contributed by atoms with Gasteiger partial charge in [-0.2, -0.15) is 5.26 Å². The summed E-state index contributed by atoms with van der Waals surface area (Å²) in [7, 11) is 3.22. The summed E-state index contributed by atoms with van der Waals surface area (Å²) >= 11 is 0. The van der Waals surface area contributed by atoms with E-state index in [0.717, 1.165) is 17.0 Å². The maximum atomic E-state index is 12.4. The number of methoxy groups -OCH3 is 2. The Hall–Kier alpha value is -2.58. The third-order valence-electron chi connectivity index (χ3n) is 3.39. The summed E-state index contributed by atoms with van der Waals surface area (Å²) in [5, 5.41) is 9.05. The quantitative estimate of drug-likeness (QED) is 0.768. The third-order valence-corrected chi connectivity index (χ3v) is 3.39. The number of aromatic nitrogens is 1. The molecule has 0 radical (unpaired) electrons. The molecule has 0 fully saturated rings. The third kappa shape index (κ3) is 3.35. The van der Waals surface area contributed by atoms with E-state index in [4.69, 9.17) is 14.7 Å². The van der Waals surface area contributed by atoms with Gasteiger partial charge in [-0.1, -0.05) is 12.1 Å². The Morgan fingerprint density at radius 2 is 2.05 bits per heavy atom. The number of benzene rings is 1. The Morgan fingerprint density at radius 1 is 1.23 bits per heavy atom. The summed E-state index contributed by atoms with van der Waals surface area (Å²) < 4.78 is 11.9. The SMILES string of the molecule is COCCCn1c(-c2cccc(OC)c2)ccc(C#N)c1=O. The Morgan fingerprint density at radius 3 is 2.73 bits per heavy atom. The molecule has 0 saturated heterocycles. The number of hydrogen-bond acceptors (Lipinski definition) is 4. The number of nitriles is 1. The van der Waals surface area contributed by atoms with Crippen molar-refractivity contribution in [2.24, 2.45) is 0 Å². The molecule has 0 N–H and O–H groups in total. The van der Waals surface area contributed by atoms with Crippen molar-refractivity contribution in [2.75, 3.05) is 20.8 Å². The van der Waals surface area contributed by atoms with Crippen LogP contribution in [-0.2, 0) is 11.3 Å². The Labute approximate surface area is 129 Å². The lowest BCUT2D eigenvalue weighted by Gasteiger charge is -2.14. The van der Waals surface area contributed by atoms with Gasteiger partial charge in [-0.25, -0.2) is 0 Å². The predicted octanol–water partition coefficient (Wildman–Crippen LogP) is 2.43. The van der Waals surface area contributed by atoms with E-state index in [1.165, 1.54) is 0 Å². The molecular formula is C17H18N2O3. The highest BCUT2D eigenvalue weighted by molar-refractivity contribution is 5.62. The number of hydrogen-bond donors (Lipinski definition) is 0. The smallest absolute Gasteiger partial charge is 0.268 e. The van der Waals surface area contributed by atoms with Crippen LogP contribution in [0.25, 0.3) is 11.3 Å². The molecule has 0 unspecified atom stereocenters. The summed E-state index contributed by atoms with van der Waals surface area (Å²) in [6.07, 6.45) is 0.697. The van der Waals surface area contributed by atoms with Crippen LogP contribution in [0.2, 0.25) is 0 Å². The van der Waals surface area contributed by atoms with Crippen molar-refractivity contribution in [1.82, 2.24) is 4.57 Å². The maximum absolute atomic E-state index is 12.4. The fourth-order valence-corrected chi connectivity index (χ4v) is 2.29. The lowest BCUT2D eigenvalue weighted by Crippen LogP contribution is -2.24. The van der Waals surface area contributed by atoms with Crippen molar-refractivity contribution >= 4 is 0 Å². The topological polar surface area (TPSA) is 64.2 Å². The van der Waals surface area contributed by atoms with E-state index in [9.17, 15) is 4.79 Å². The molecule has 5 nitrogen and oxygen atoms in total. The second-order valence-electron chi connectivity index (χ2n) is 4.78. The molecule has 1 aromatic heterocycles. The van der Waals surface area contributed by atoms with E-state index in [2.05, 4.69) is 0 Å². The average Bonchev–Trinajstić information content (AvgIpc) is 2.56. The van der Waals surface area contributed by atoms with Crippen LogP contribution in [0.5, 0.6) is 5.75 Å². The Bertz CT molecular complexity index is 744. The van der Waals surface area contributed by atoms with Gasteiger partial charge in [-0.3, -0.25) is 4.79 Å². The van der Waals surface area contributed by atoms with Crippen LogP contribution in [0.15, 0.2) is 41.2 Å². The van der Waals surface area contributed by atoms with E-state index >= 15 is 0 Å². The van der Waals surface area contributed by atoms with Crippen LogP contribution in [0.4, 0.5) is 0 Å². The lowest BCUT2D eigenvalue weighted by atomic mass is 10.1. The van der Waals surface area contributed by atoms with E-state index in [0.29, 0.717) is 19.6 Å². The number of rotatable bonds is 6. The molecule has 0 atom stereocenters. The number of ether oxygens (including phenoxy) is 2. The first-order valence-electron chi connectivity index (χ1n) is 6.98. The van der Waals surface area contributed by atoms with Crippen LogP contribution < -0.4 is 10.3 Å². The first-order chi connectivity index (χ1) is 10.7. The standard InChI is InChI=1S/C17H18N2O3/c1-21-10-4-9-19-16(8-7-14(12-18)17(19)20)13-5-3-6-15(11-13)22-2/h3,5-8,11H,4,9-10H2,1-2H3. The van der Waals surface area contributed by atoms with Gasteiger partial charge >= 0.3 is 0 Å². The molecular weight excluding hydrogens is 280 g/mol. The van der Waals surface area contributed by atoms with Gasteiger partial charge in [0.15, 0.2) is 0 Å². The molecule has 22 heavy (non-hydrogen) atoms. The summed E-state index contributed by atoms with van der Waals surface area (Å²) in [6.45, 7) is 1.05. The minimum atomic E-state index is -0.279. The van der Waals surface area contributed by atoms with Gasteiger partial charge in [0.1, 0.15) is 17.4 Å². The molecule has 114 valence electrons. The van der Waals surface area contributed by atoms with Crippen LogP contribution in [0, 0.1) is 11.3 Å². The normalized spacial score (nSPS) is 10.2. The number of nitrogens with zero attached hydrogens (tertiary/aromatic N) is 2. The zero-order chi connectivity index (χ0) is 15.9. The van der Waals surface area contributed by atoms with Crippen molar-refractivity contribution in [3.8, 4) is 23.1 Å². The van der Waals surface area contributed by atoms with Crippen molar-refractivity contribution < 1.29 is 9.47 Å². The van der Waals surface area contributed by atoms with Crippen molar-refractivity contribution in [3.63, 3.8) is 0 Å². The van der Waals surface area contributed by atoms with Gasteiger partial charge in [0, 0.05) is 25.8 Å². The predicted molar refractivity (Wildman–Crippen MR) is 83.9 cm³/mol. The summed E-state index contributed by atoms with van der Waals surface area (Å²) in [6, 6.07) is 12.8. The van der Waals surface area contributed by atoms with Gasteiger partial charge in [0.25, 0.3) is 5.56 Å². The van der Waals surface area contributed by atoms with Crippen LogP contribution >= 0.6 is 0 Å². The zero-order valence-electron chi connectivity index (χ0n) is 12.7. The molecule has 2 rings (SSSR count). The lowest BCUT2D eigenvalue weighted by molar-refractivity contribution is 0.190. The Kier molecular flexibility index (Phi) is 5.34. The van der Waals surface area contributed by atoms with Gasteiger partial charge in [-0.05, 0) is 30.7 Å². The average molecular weight is 298 g/mol. The van der Waals surface area contributed by atoms with Gasteiger partial charge < -0.3 is 14.0 Å². The van der Waals surface area contributed by atoms with E-state index in [1.54, 1.807) is 30.9 Å². The van der Waals surface area contributed by atoms with Crippen LogP contribution in [0.1, 0.15) is 12.0 Å². The minimum Gasteiger partial charge on any atom is -0.497 e. The second kappa shape index (κ2) is 7.43. The molecule has 0 aliphatic heterocycles. The summed E-state index contributed by atoms with van der Waals surface area (Å²) in [5.74, 6) is 0.720. The highest BCUT2D eigenvalue weighted by atomic mass is 16.5. The van der Waals surface area contributed by atoms with E-state index < -0.39 is 0 Å². The molecule has 1 heterocycles. The molecule has 0 aliphatic rings. The molecule has 0 bridgehead atoms. The molecule has 0 spiro atoms. The van der Waals surface area contributed by atoms with E-state index in [1.807, 2.05) is 30.3 Å². The van der Waals surface area contributed by atoms with Crippen LogP contribution in [0.3, 0.4) is 0 Å². The molecule has 0 amide bonds. The first-order valence-corrected chi connectivity index (χ1v) is 6.98. The fourth-order valence-electron chi connectivity index (χ4n) is 2.29. The van der Waals surface area contributed by atoms with E-state index in [-0.39, 0.29) is 11.1 Å². The highest BCUT2D eigenvalue weighted by Crippen LogP contribution is 2.23. The van der Waals surface area contributed by atoms with Gasteiger partial charge in [0.2, 0.25) is 0 Å². The van der Waals surface area contributed by atoms with Gasteiger partial charge in [0.05, 0.1) is 12.8 Å². The Balaban J connectivity index is 2.52. The maximum Gasteiger partial charge on any atom is 0.268 e.